The molecule has 0 saturated carbocycles. The predicted molar refractivity (Wildman–Crippen MR) is 66.3 cm³/mol. The van der Waals surface area contributed by atoms with Gasteiger partial charge >= 0.3 is 0 Å². The van der Waals surface area contributed by atoms with Crippen LogP contribution in [0.2, 0.25) is 0 Å². The van der Waals surface area contributed by atoms with Crippen molar-refractivity contribution < 1.29 is 9.59 Å². The maximum absolute atomic E-state index is 12.0. The van der Waals surface area contributed by atoms with E-state index in [0.717, 1.165) is 19.5 Å². The van der Waals surface area contributed by atoms with E-state index in [0.29, 0.717) is 26.1 Å². The van der Waals surface area contributed by atoms with Crippen LogP contribution in [0.5, 0.6) is 0 Å². The number of rotatable bonds is 3. The third-order valence-corrected chi connectivity index (χ3v) is 3.24. The van der Waals surface area contributed by atoms with Crippen LogP contribution in [0.15, 0.2) is 0 Å². The molecule has 1 saturated heterocycles. The number of carbonyl (C=O) groups is 2. The summed E-state index contributed by atoms with van der Waals surface area (Å²) in [6, 6.07) is 0. The fraction of sp³-hybridized carbons (Fsp3) is 0.833. The van der Waals surface area contributed by atoms with E-state index in [-0.39, 0.29) is 17.7 Å². The average molecular weight is 241 g/mol. The summed E-state index contributed by atoms with van der Waals surface area (Å²) in [5.74, 6) is 0.160. The molecule has 5 nitrogen and oxygen atoms in total. The largest absolute Gasteiger partial charge is 0.341 e. The Morgan fingerprint density at radius 1 is 1.18 bits per heavy atom. The molecule has 0 aromatic heterocycles. The number of hydrogen-bond donors (Lipinski definition) is 1. The van der Waals surface area contributed by atoms with E-state index in [1.54, 1.807) is 0 Å². The molecule has 98 valence electrons. The maximum atomic E-state index is 12.0. The van der Waals surface area contributed by atoms with Crippen molar-refractivity contribution in [3.05, 3.63) is 0 Å². The van der Waals surface area contributed by atoms with E-state index in [9.17, 15) is 9.59 Å². The Hall–Kier alpha value is -1.10. The van der Waals surface area contributed by atoms with Gasteiger partial charge in [0.15, 0.2) is 0 Å². The standard InChI is InChI=1S/C12H23N3O2/c1-3-11(16)14-5-4-6-15(8-7-14)12(17)10(2)9-13/h10H,3-9,13H2,1-2H3. The van der Waals surface area contributed by atoms with E-state index in [4.69, 9.17) is 5.73 Å². The molecule has 2 N–H and O–H groups in total. The monoisotopic (exact) mass is 241 g/mol. The van der Waals surface area contributed by atoms with Gasteiger partial charge in [-0.3, -0.25) is 9.59 Å². The summed E-state index contributed by atoms with van der Waals surface area (Å²) in [6.07, 6.45) is 1.39. The minimum absolute atomic E-state index is 0.110. The first kappa shape index (κ1) is 14.0. The SMILES string of the molecule is CCC(=O)N1CCCN(C(=O)C(C)CN)CC1. The molecule has 2 amide bonds. The van der Waals surface area contributed by atoms with Gasteiger partial charge in [-0.15, -0.1) is 0 Å². The van der Waals surface area contributed by atoms with Gasteiger partial charge in [0.25, 0.3) is 0 Å². The van der Waals surface area contributed by atoms with Gasteiger partial charge in [-0.05, 0) is 6.42 Å². The molecule has 0 aliphatic carbocycles. The van der Waals surface area contributed by atoms with Gasteiger partial charge in [0, 0.05) is 45.1 Å². The molecule has 0 spiro atoms. The van der Waals surface area contributed by atoms with Crippen molar-refractivity contribution in [3.8, 4) is 0 Å². The van der Waals surface area contributed by atoms with Crippen LogP contribution in [0, 0.1) is 5.92 Å². The number of amides is 2. The second-order valence-electron chi connectivity index (χ2n) is 4.55. The van der Waals surface area contributed by atoms with Gasteiger partial charge in [-0.2, -0.15) is 0 Å². The van der Waals surface area contributed by atoms with Gasteiger partial charge in [0.1, 0.15) is 0 Å². The first-order valence-electron chi connectivity index (χ1n) is 6.36. The Kier molecular flexibility index (Phi) is 5.41. The highest BCUT2D eigenvalue weighted by Gasteiger charge is 2.23. The van der Waals surface area contributed by atoms with Gasteiger partial charge in [0.2, 0.25) is 11.8 Å². The van der Waals surface area contributed by atoms with Crippen molar-refractivity contribution in [3.63, 3.8) is 0 Å². The summed E-state index contributed by atoms with van der Waals surface area (Å²) in [6.45, 7) is 6.87. The lowest BCUT2D eigenvalue weighted by molar-refractivity contribution is -0.135. The smallest absolute Gasteiger partial charge is 0.226 e. The van der Waals surface area contributed by atoms with Crippen LogP contribution < -0.4 is 5.73 Å². The lowest BCUT2D eigenvalue weighted by atomic mass is 10.1. The topological polar surface area (TPSA) is 66.6 Å². The zero-order valence-corrected chi connectivity index (χ0v) is 10.8. The van der Waals surface area contributed by atoms with Crippen molar-refractivity contribution in [2.45, 2.75) is 26.7 Å². The molecule has 1 aliphatic heterocycles. The average Bonchev–Trinajstić information content (AvgIpc) is 2.61. The highest BCUT2D eigenvalue weighted by Crippen LogP contribution is 2.08. The fourth-order valence-electron chi connectivity index (χ4n) is 2.02. The van der Waals surface area contributed by atoms with E-state index < -0.39 is 0 Å². The molecule has 1 fully saturated rings. The van der Waals surface area contributed by atoms with Crippen LogP contribution in [0.4, 0.5) is 0 Å². The second-order valence-corrected chi connectivity index (χ2v) is 4.55. The fourth-order valence-corrected chi connectivity index (χ4v) is 2.02. The molecule has 0 radical (unpaired) electrons. The van der Waals surface area contributed by atoms with Crippen LogP contribution in [0.25, 0.3) is 0 Å². The minimum atomic E-state index is -0.122. The van der Waals surface area contributed by atoms with Crippen molar-refractivity contribution in [1.82, 2.24) is 9.80 Å². The summed E-state index contributed by atoms with van der Waals surface area (Å²) in [4.78, 5) is 27.2. The van der Waals surface area contributed by atoms with Crippen molar-refractivity contribution >= 4 is 11.8 Å². The molecule has 1 unspecified atom stereocenters. The van der Waals surface area contributed by atoms with Crippen LogP contribution in [0.1, 0.15) is 26.7 Å². The summed E-state index contributed by atoms with van der Waals surface area (Å²) in [7, 11) is 0. The Morgan fingerprint density at radius 2 is 1.76 bits per heavy atom. The van der Waals surface area contributed by atoms with E-state index in [1.807, 2.05) is 23.6 Å². The number of nitrogens with zero attached hydrogens (tertiary/aromatic N) is 2. The van der Waals surface area contributed by atoms with Gasteiger partial charge in [-0.1, -0.05) is 13.8 Å². The first-order valence-corrected chi connectivity index (χ1v) is 6.36. The Balaban J connectivity index is 2.53. The molecule has 0 aromatic rings. The Bertz CT molecular complexity index is 281. The molecule has 0 aromatic carbocycles. The van der Waals surface area contributed by atoms with Crippen LogP contribution in [0.3, 0.4) is 0 Å². The van der Waals surface area contributed by atoms with Gasteiger partial charge in [0.05, 0.1) is 0 Å². The van der Waals surface area contributed by atoms with Crippen LogP contribution >= 0.6 is 0 Å². The predicted octanol–water partition coefficient (Wildman–Crippen LogP) is 0.0521. The lowest BCUT2D eigenvalue weighted by Crippen LogP contribution is -2.41. The van der Waals surface area contributed by atoms with Crippen LogP contribution in [-0.2, 0) is 9.59 Å². The summed E-state index contributed by atoms with van der Waals surface area (Å²) in [5, 5.41) is 0. The summed E-state index contributed by atoms with van der Waals surface area (Å²) in [5.41, 5.74) is 5.50. The third-order valence-electron chi connectivity index (χ3n) is 3.24. The third kappa shape index (κ3) is 3.70. The van der Waals surface area contributed by atoms with Crippen molar-refractivity contribution in [2.75, 3.05) is 32.7 Å². The van der Waals surface area contributed by atoms with E-state index in [1.165, 1.54) is 0 Å². The molecule has 1 rings (SSSR count). The van der Waals surface area contributed by atoms with Gasteiger partial charge in [-0.25, -0.2) is 0 Å². The molecular weight excluding hydrogens is 218 g/mol. The number of nitrogens with two attached hydrogens (primary N) is 1. The van der Waals surface area contributed by atoms with Crippen molar-refractivity contribution in [1.29, 1.82) is 0 Å². The van der Waals surface area contributed by atoms with E-state index >= 15 is 0 Å². The Morgan fingerprint density at radius 3 is 2.35 bits per heavy atom. The second kappa shape index (κ2) is 6.59. The quantitative estimate of drug-likeness (QED) is 0.759. The zero-order chi connectivity index (χ0) is 12.8. The number of hydrogen-bond acceptors (Lipinski definition) is 3. The molecule has 1 aliphatic rings. The molecule has 17 heavy (non-hydrogen) atoms. The Labute approximate surface area is 103 Å². The van der Waals surface area contributed by atoms with Gasteiger partial charge < -0.3 is 15.5 Å². The molecule has 0 bridgehead atoms. The van der Waals surface area contributed by atoms with Crippen LogP contribution in [-0.4, -0.2) is 54.3 Å². The summed E-state index contributed by atoms with van der Waals surface area (Å²) >= 11 is 0. The highest BCUT2D eigenvalue weighted by molar-refractivity contribution is 5.79. The summed E-state index contributed by atoms with van der Waals surface area (Å²) < 4.78 is 0. The lowest BCUT2D eigenvalue weighted by Gasteiger charge is -2.24. The minimum Gasteiger partial charge on any atom is -0.341 e. The highest BCUT2D eigenvalue weighted by atomic mass is 16.2. The zero-order valence-electron chi connectivity index (χ0n) is 10.8. The molecule has 5 heteroatoms. The first-order chi connectivity index (χ1) is 8.10. The van der Waals surface area contributed by atoms with Crippen molar-refractivity contribution in [2.24, 2.45) is 11.7 Å². The molecule has 1 atom stereocenters. The number of carbonyl (C=O) groups excluding carboxylic acids is 2. The molecular formula is C12H23N3O2. The normalized spacial score (nSPS) is 18.8. The molecule has 1 heterocycles. The van der Waals surface area contributed by atoms with E-state index in [2.05, 4.69) is 0 Å². The maximum Gasteiger partial charge on any atom is 0.226 e.